The summed E-state index contributed by atoms with van der Waals surface area (Å²) in [4.78, 5) is 19.0. The van der Waals surface area contributed by atoms with Gasteiger partial charge in [-0.15, -0.1) is 11.3 Å². The van der Waals surface area contributed by atoms with Crippen LogP contribution in [0.5, 0.6) is 0 Å². The minimum Gasteiger partial charge on any atom is -0.379 e. The number of carbonyl (C=O) groups excluding carboxylic acids is 1. The number of rotatable bonds is 7. The van der Waals surface area contributed by atoms with Crippen LogP contribution in [0.2, 0.25) is 0 Å². The normalized spacial score (nSPS) is 15.2. The minimum atomic E-state index is -0.0111. The maximum absolute atomic E-state index is 12.2. The Bertz CT molecular complexity index is 682. The first-order valence-corrected chi connectivity index (χ1v) is 10.3. The predicted molar refractivity (Wildman–Crippen MR) is 102 cm³/mol. The summed E-state index contributed by atoms with van der Waals surface area (Å²) >= 11 is 3.40. The van der Waals surface area contributed by atoms with Crippen molar-refractivity contribution in [2.45, 2.75) is 17.0 Å². The Morgan fingerprint density at radius 3 is 2.76 bits per heavy atom. The number of aromatic nitrogens is 1. The van der Waals surface area contributed by atoms with Crippen molar-refractivity contribution in [3.63, 3.8) is 0 Å². The molecule has 0 atom stereocenters. The van der Waals surface area contributed by atoms with E-state index in [2.05, 4.69) is 20.6 Å². The van der Waals surface area contributed by atoms with E-state index in [1.54, 1.807) is 23.1 Å². The molecule has 5 nitrogen and oxygen atoms in total. The van der Waals surface area contributed by atoms with Gasteiger partial charge in [-0.1, -0.05) is 23.9 Å². The van der Waals surface area contributed by atoms with Gasteiger partial charge in [-0.05, 0) is 24.6 Å². The molecule has 1 saturated heterocycles. The first-order valence-electron chi connectivity index (χ1n) is 8.43. The molecule has 1 amide bonds. The average Bonchev–Trinajstić information content (AvgIpc) is 3.06. The summed E-state index contributed by atoms with van der Waals surface area (Å²) in [5.41, 5.74) is 2.97. The molecule has 134 valence electrons. The number of amides is 1. The number of carbonyl (C=O) groups is 1. The third-order valence-electron chi connectivity index (χ3n) is 3.99. The Morgan fingerprint density at radius 2 is 2.08 bits per heavy atom. The molecule has 1 aromatic heterocycles. The Morgan fingerprint density at radius 1 is 1.32 bits per heavy atom. The first-order chi connectivity index (χ1) is 12.2. The molecule has 0 saturated carbocycles. The standard InChI is InChI=1S/C18H23N3O2S2/c1-14-12-24-18(20-14)25-13-15-2-4-16(5-3-15)17(22)19-6-7-21-8-10-23-11-9-21/h2-5,12H,6-11,13H2,1H3,(H,19,22). The predicted octanol–water partition coefficient (Wildman–Crippen LogP) is 2.81. The van der Waals surface area contributed by atoms with Gasteiger partial charge >= 0.3 is 0 Å². The fraction of sp³-hybridized carbons (Fsp3) is 0.444. The first kappa shape index (κ1) is 18.4. The molecule has 1 aliphatic heterocycles. The highest BCUT2D eigenvalue weighted by molar-refractivity contribution is 8.00. The number of thiazole rings is 1. The van der Waals surface area contributed by atoms with Gasteiger partial charge in [-0.25, -0.2) is 4.98 Å². The van der Waals surface area contributed by atoms with Crippen molar-refractivity contribution in [1.29, 1.82) is 0 Å². The molecule has 1 N–H and O–H groups in total. The highest BCUT2D eigenvalue weighted by atomic mass is 32.2. The summed E-state index contributed by atoms with van der Waals surface area (Å²) in [6.45, 7) is 7.01. The lowest BCUT2D eigenvalue weighted by Crippen LogP contribution is -2.41. The summed E-state index contributed by atoms with van der Waals surface area (Å²) in [6, 6.07) is 7.83. The van der Waals surface area contributed by atoms with Gasteiger partial charge in [0.1, 0.15) is 4.34 Å². The van der Waals surface area contributed by atoms with Gasteiger partial charge in [0.15, 0.2) is 0 Å². The maximum atomic E-state index is 12.2. The van der Waals surface area contributed by atoms with Gasteiger partial charge in [0.25, 0.3) is 5.91 Å². The minimum absolute atomic E-state index is 0.0111. The van der Waals surface area contributed by atoms with Crippen LogP contribution < -0.4 is 5.32 Å². The lowest BCUT2D eigenvalue weighted by atomic mass is 10.1. The van der Waals surface area contributed by atoms with E-state index in [0.29, 0.717) is 12.1 Å². The van der Waals surface area contributed by atoms with E-state index in [1.807, 2.05) is 31.2 Å². The van der Waals surface area contributed by atoms with Crippen LogP contribution >= 0.6 is 23.1 Å². The summed E-state index contributed by atoms with van der Waals surface area (Å²) < 4.78 is 6.41. The van der Waals surface area contributed by atoms with Gasteiger partial charge in [0, 0.05) is 48.6 Å². The van der Waals surface area contributed by atoms with Crippen LogP contribution in [0.15, 0.2) is 34.0 Å². The van der Waals surface area contributed by atoms with Crippen molar-refractivity contribution in [1.82, 2.24) is 15.2 Å². The van der Waals surface area contributed by atoms with E-state index in [4.69, 9.17) is 4.74 Å². The summed E-state index contributed by atoms with van der Waals surface area (Å²) in [5, 5.41) is 5.05. The van der Waals surface area contributed by atoms with Gasteiger partial charge in [-0.3, -0.25) is 9.69 Å². The molecule has 7 heteroatoms. The quantitative estimate of drug-likeness (QED) is 0.752. The molecule has 3 rings (SSSR count). The SMILES string of the molecule is Cc1csc(SCc2ccc(C(=O)NCCN3CCOCC3)cc2)n1. The van der Waals surface area contributed by atoms with E-state index >= 15 is 0 Å². The van der Waals surface area contributed by atoms with Crippen molar-refractivity contribution in [3.8, 4) is 0 Å². The lowest BCUT2D eigenvalue weighted by molar-refractivity contribution is 0.0383. The second-order valence-corrected chi connectivity index (χ2v) is 8.03. The molecule has 0 bridgehead atoms. The molecule has 0 radical (unpaired) electrons. The number of nitrogens with zero attached hydrogens (tertiary/aromatic N) is 2. The maximum Gasteiger partial charge on any atom is 0.251 e. The van der Waals surface area contributed by atoms with Crippen LogP contribution in [0.25, 0.3) is 0 Å². The topological polar surface area (TPSA) is 54.5 Å². The third kappa shape index (κ3) is 5.81. The van der Waals surface area contributed by atoms with E-state index in [0.717, 1.165) is 48.6 Å². The van der Waals surface area contributed by atoms with Crippen molar-refractivity contribution in [2.24, 2.45) is 0 Å². The van der Waals surface area contributed by atoms with Gasteiger partial charge in [0.2, 0.25) is 0 Å². The number of aryl methyl sites for hydroxylation is 1. The van der Waals surface area contributed by atoms with Crippen LogP contribution in [-0.4, -0.2) is 55.2 Å². The Labute approximate surface area is 156 Å². The number of ether oxygens (including phenoxy) is 1. The zero-order chi connectivity index (χ0) is 17.5. The third-order valence-corrected chi connectivity index (χ3v) is 6.20. The monoisotopic (exact) mass is 377 g/mol. The summed E-state index contributed by atoms with van der Waals surface area (Å²) in [5.74, 6) is 0.856. The van der Waals surface area contributed by atoms with Gasteiger partial charge in [-0.2, -0.15) is 0 Å². The zero-order valence-corrected chi connectivity index (χ0v) is 16.0. The molecule has 1 fully saturated rings. The highest BCUT2D eigenvalue weighted by Crippen LogP contribution is 2.26. The van der Waals surface area contributed by atoms with Gasteiger partial charge < -0.3 is 10.1 Å². The summed E-state index contributed by atoms with van der Waals surface area (Å²) in [6.07, 6.45) is 0. The smallest absolute Gasteiger partial charge is 0.251 e. The van der Waals surface area contributed by atoms with Crippen LogP contribution in [0.4, 0.5) is 0 Å². The second-order valence-electron chi connectivity index (χ2n) is 5.95. The molecule has 1 aromatic carbocycles. The lowest BCUT2D eigenvalue weighted by Gasteiger charge is -2.26. The second kappa shape index (κ2) is 9.33. The largest absolute Gasteiger partial charge is 0.379 e. The fourth-order valence-electron chi connectivity index (χ4n) is 2.55. The molecule has 0 aliphatic carbocycles. The Balaban J connectivity index is 1.42. The van der Waals surface area contributed by atoms with Crippen molar-refractivity contribution >= 4 is 29.0 Å². The molecule has 2 aromatic rings. The fourth-order valence-corrected chi connectivity index (χ4v) is 4.36. The molecular formula is C18H23N3O2S2. The number of morpholine rings is 1. The summed E-state index contributed by atoms with van der Waals surface area (Å²) in [7, 11) is 0. The molecule has 25 heavy (non-hydrogen) atoms. The molecule has 0 unspecified atom stereocenters. The number of benzene rings is 1. The van der Waals surface area contributed by atoms with Crippen LogP contribution in [0.3, 0.4) is 0 Å². The Hall–Kier alpha value is -1.41. The number of hydrogen-bond acceptors (Lipinski definition) is 6. The average molecular weight is 378 g/mol. The van der Waals surface area contributed by atoms with E-state index in [-0.39, 0.29) is 5.91 Å². The van der Waals surface area contributed by atoms with E-state index < -0.39 is 0 Å². The Kier molecular flexibility index (Phi) is 6.86. The van der Waals surface area contributed by atoms with Crippen LogP contribution in [0, 0.1) is 6.92 Å². The van der Waals surface area contributed by atoms with E-state index in [1.165, 1.54) is 5.56 Å². The van der Waals surface area contributed by atoms with Crippen molar-refractivity contribution in [3.05, 3.63) is 46.5 Å². The molecule has 0 spiro atoms. The van der Waals surface area contributed by atoms with Crippen LogP contribution in [-0.2, 0) is 10.5 Å². The van der Waals surface area contributed by atoms with Gasteiger partial charge in [0.05, 0.1) is 13.2 Å². The van der Waals surface area contributed by atoms with Crippen molar-refractivity contribution in [2.75, 3.05) is 39.4 Å². The van der Waals surface area contributed by atoms with Crippen molar-refractivity contribution < 1.29 is 9.53 Å². The zero-order valence-electron chi connectivity index (χ0n) is 14.4. The van der Waals surface area contributed by atoms with Crippen LogP contribution in [0.1, 0.15) is 21.6 Å². The van der Waals surface area contributed by atoms with E-state index in [9.17, 15) is 4.79 Å². The number of nitrogens with one attached hydrogen (secondary N) is 1. The highest BCUT2D eigenvalue weighted by Gasteiger charge is 2.11. The molecule has 2 heterocycles. The number of hydrogen-bond donors (Lipinski definition) is 1. The molecular weight excluding hydrogens is 354 g/mol. The molecule has 1 aliphatic rings. The number of thioether (sulfide) groups is 1.